The minimum Gasteiger partial charge on any atom is -0.468 e. The van der Waals surface area contributed by atoms with E-state index >= 15 is 0 Å². The molecule has 0 aromatic carbocycles. The molecule has 4 nitrogen and oxygen atoms in total. The molecule has 2 fully saturated rings. The number of methoxy groups -OCH3 is 1. The summed E-state index contributed by atoms with van der Waals surface area (Å²) < 4.78 is 4.86. The topological polar surface area (TPSA) is 55.6 Å². The van der Waals surface area contributed by atoms with E-state index in [2.05, 4.69) is 11.9 Å². The van der Waals surface area contributed by atoms with Gasteiger partial charge in [-0.05, 0) is 38.6 Å². The van der Waals surface area contributed by atoms with Gasteiger partial charge in [0.1, 0.15) is 5.54 Å². The van der Waals surface area contributed by atoms with E-state index in [1.807, 2.05) is 0 Å². The average molecular weight is 226 g/mol. The van der Waals surface area contributed by atoms with E-state index in [1.54, 1.807) is 0 Å². The number of carbonyl (C=O) groups excluding carboxylic acids is 1. The summed E-state index contributed by atoms with van der Waals surface area (Å²) in [6, 6.07) is 0.617. The summed E-state index contributed by atoms with van der Waals surface area (Å²) in [6.07, 6.45) is 5.89. The van der Waals surface area contributed by atoms with Crippen LogP contribution in [-0.2, 0) is 9.53 Å². The Morgan fingerprint density at radius 3 is 2.44 bits per heavy atom. The van der Waals surface area contributed by atoms with Gasteiger partial charge in [-0.1, -0.05) is 6.42 Å². The highest BCUT2D eigenvalue weighted by Crippen LogP contribution is 2.40. The van der Waals surface area contributed by atoms with Crippen molar-refractivity contribution in [2.75, 3.05) is 20.7 Å². The Morgan fingerprint density at radius 2 is 2.06 bits per heavy atom. The molecular formula is C12H22N2O2. The van der Waals surface area contributed by atoms with Crippen LogP contribution in [0.2, 0.25) is 0 Å². The summed E-state index contributed by atoms with van der Waals surface area (Å²) in [7, 11) is 3.49. The van der Waals surface area contributed by atoms with Crippen molar-refractivity contribution in [2.24, 2.45) is 11.7 Å². The number of nitrogens with zero attached hydrogens (tertiary/aromatic N) is 1. The average Bonchev–Trinajstić information content (AvgIpc) is 2.96. The molecular weight excluding hydrogens is 204 g/mol. The molecule has 2 saturated carbocycles. The van der Waals surface area contributed by atoms with Crippen molar-refractivity contribution in [3.63, 3.8) is 0 Å². The highest BCUT2D eigenvalue weighted by molar-refractivity contribution is 5.81. The van der Waals surface area contributed by atoms with Crippen LogP contribution in [0.3, 0.4) is 0 Å². The zero-order chi connectivity index (χ0) is 11.8. The second kappa shape index (κ2) is 4.34. The maximum Gasteiger partial charge on any atom is 0.327 e. The van der Waals surface area contributed by atoms with Crippen LogP contribution in [-0.4, -0.2) is 43.2 Å². The van der Waals surface area contributed by atoms with Crippen molar-refractivity contribution in [3.05, 3.63) is 0 Å². The fourth-order valence-corrected chi connectivity index (χ4v) is 2.52. The van der Waals surface area contributed by atoms with Gasteiger partial charge in [-0.2, -0.15) is 0 Å². The molecule has 2 aliphatic rings. The van der Waals surface area contributed by atoms with Gasteiger partial charge < -0.3 is 15.4 Å². The van der Waals surface area contributed by atoms with Crippen molar-refractivity contribution in [3.8, 4) is 0 Å². The van der Waals surface area contributed by atoms with Crippen molar-refractivity contribution in [1.29, 1.82) is 0 Å². The van der Waals surface area contributed by atoms with Crippen LogP contribution in [0.25, 0.3) is 0 Å². The predicted molar refractivity (Wildman–Crippen MR) is 61.9 cm³/mol. The van der Waals surface area contributed by atoms with Gasteiger partial charge in [-0.15, -0.1) is 0 Å². The molecule has 0 radical (unpaired) electrons. The lowest BCUT2D eigenvalue weighted by Gasteiger charge is -2.39. The van der Waals surface area contributed by atoms with Crippen LogP contribution in [0.4, 0.5) is 0 Å². The lowest BCUT2D eigenvalue weighted by Crippen LogP contribution is -2.59. The highest BCUT2D eigenvalue weighted by atomic mass is 16.5. The summed E-state index contributed by atoms with van der Waals surface area (Å²) in [5.41, 5.74) is 5.48. The number of carbonyl (C=O) groups is 1. The Balaban J connectivity index is 1.98. The molecule has 0 saturated heterocycles. The molecule has 0 aliphatic heterocycles. The standard InChI is InChI=1S/C12H22N2O2/c1-14(10-4-3-5-10)8-12(13,9-6-7-9)11(15)16-2/h9-10H,3-8,13H2,1-2H3. The number of esters is 1. The van der Waals surface area contributed by atoms with E-state index in [9.17, 15) is 4.79 Å². The Labute approximate surface area is 97.1 Å². The highest BCUT2D eigenvalue weighted by Gasteiger charge is 2.50. The summed E-state index contributed by atoms with van der Waals surface area (Å²) in [5.74, 6) is 0.0728. The third-order valence-corrected chi connectivity index (χ3v) is 4.08. The van der Waals surface area contributed by atoms with Gasteiger partial charge >= 0.3 is 5.97 Å². The third kappa shape index (κ3) is 2.09. The summed E-state index contributed by atoms with van der Waals surface area (Å²) in [4.78, 5) is 14.0. The first-order chi connectivity index (χ1) is 7.58. The minimum atomic E-state index is -0.779. The molecule has 2 N–H and O–H groups in total. The molecule has 0 heterocycles. The Hall–Kier alpha value is -0.610. The number of hydrogen-bond donors (Lipinski definition) is 1. The lowest BCUT2D eigenvalue weighted by molar-refractivity contribution is -0.149. The summed E-state index contributed by atoms with van der Waals surface area (Å²) >= 11 is 0. The molecule has 0 aromatic rings. The van der Waals surface area contributed by atoms with Gasteiger partial charge in [0.15, 0.2) is 0 Å². The largest absolute Gasteiger partial charge is 0.468 e. The molecule has 92 valence electrons. The van der Waals surface area contributed by atoms with Crippen LogP contribution in [0.15, 0.2) is 0 Å². The minimum absolute atomic E-state index is 0.249. The molecule has 16 heavy (non-hydrogen) atoms. The van der Waals surface area contributed by atoms with Gasteiger partial charge in [0, 0.05) is 12.6 Å². The maximum atomic E-state index is 11.8. The van der Waals surface area contributed by atoms with Crippen LogP contribution >= 0.6 is 0 Å². The quantitative estimate of drug-likeness (QED) is 0.703. The SMILES string of the molecule is COC(=O)C(N)(CN(C)C1CCC1)C1CC1. The van der Waals surface area contributed by atoms with Crippen LogP contribution in [0.5, 0.6) is 0 Å². The number of hydrogen-bond acceptors (Lipinski definition) is 4. The third-order valence-electron chi connectivity index (χ3n) is 4.08. The molecule has 1 atom stereocenters. The van der Waals surface area contributed by atoms with E-state index in [-0.39, 0.29) is 5.97 Å². The first kappa shape index (κ1) is 11.9. The zero-order valence-electron chi connectivity index (χ0n) is 10.2. The van der Waals surface area contributed by atoms with Crippen molar-refractivity contribution >= 4 is 5.97 Å². The predicted octanol–water partition coefficient (Wildman–Crippen LogP) is 0.751. The van der Waals surface area contributed by atoms with Crippen LogP contribution < -0.4 is 5.73 Å². The molecule has 2 aliphatic carbocycles. The second-order valence-electron chi connectivity index (χ2n) is 5.31. The number of ether oxygens (including phenoxy) is 1. The van der Waals surface area contributed by atoms with Crippen molar-refractivity contribution < 1.29 is 9.53 Å². The molecule has 0 aromatic heterocycles. The molecule has 0 bridgehead atoms. The lowest BCUT2D eigenvalue weighted by atomic mass is 9.88. The first-order valence-electron chi connectivity index (χ1n) is 6.15. The molecule has 0 amide bonds. The maximum absolute atomic E-state index is 11.8. The van der Waals surface area contributed by atoms with Gasteiger partial charge in [-0.3, -0.25) is 4.79 Å². The van der Waals surface area contributed by atoms with E-state index in [4.69, 9.17) is 10.5 Å². The smallest absolute Gasteiger partial charge is 0.327 e. The fraction of sp³-hybridized carbons (Fsp3) is 0.917. The van der Waals surface area contributed by atoms with E-state index in [1.165, 1.54) is 26.4 Å². The van der Waals surface area contributed by atoms with Gasteiger partial charge in [0.25, 0.3) is 0 Å². The Morgan fingerprint density at radius 1 is 1.44 bits per heavy atom. The first-order valence-corrected chi connectivity index (χ1v) is 6.15. The molecule has 2 rings (SSSR count). The normalized spacial score (nSPS) is 25.0. The summed E-state index contributed by atoms with van der Waals surface area (Å²) in [6.45, 7) is 0.634. The van der Waals surface area contributed by atoms with Crippen LogP contribution in [0, 0.1) is 5.92 Å². The van der Waals surface area contributed by atoms with Gasteiger partial charge in [-0.25, -0.2) is 0 Å². The van der Waals surface area contributed by atoms with E-state index < -0.39 is 5.54 Å². The molecule has 0 spiro atoms. The molecule has 1 unspecified atom stereocenters. The van der Waals surface area contributed by atoms with Crippen LogP contribution in [0.1, 0.15) is 32.1 Å². The monoisotopic (exact) mass is 226 g/mol. The van der Waals surface area contributed by atoms with Crippen molar-refractivity contribution in [2.45, 2.75) is 43.7 Å². The molecule has 4 heteroatoms. The zero-order valence-corrected chi connectivity index (χ0v) is 10.2. The van der Waals surface area contributed by atoms with E-state index in [0.29, 0.717) is 18.5 Å². The second-order valence-corrected chi connectivity index (χ2v) is 5.31. The summed E-state index contributed by atoms with van der Waals surface area (Å²) in [5, 5.41) is 0. The van der Waals surface area contributed by atoms with Crippen molar-refractivity contribution in [1.82, 2.24) is 4.90 Å². The van der Waals surface area contributed by atoms with E-state index in [0.717, 1.165) is 12.8 Å². The Bertz CT molecular complexity index is 274. The number of likely N-dealkylation sites (N-methyl/N-ethyl adjacent to an activating group) is 1. The van der Waals surface area contributed by atoms with Gasteiger partial charge in [0.2, 0.25) is 0 Å². The Kier molecular flexibility index (Phi) is 3.22. The number of rotatable bonds is 5. The number of nitrogens with two attached hydrogens (primary N) is 1. The van der Waals surface area contributed by atoms with Gasteiger partial charge in [0.05, 0.1) is 7.11 Å². The fourth-order valence-electron chi connectivity index (χ4n) is 2.52.